The maximum absolute atomic E-state index is 12.0. The van der Waals surface area contributed by atoms with Crippen molar-refractivity contribution in [3.8, 4) is 6.07 Å². The molecule has 0 bridgehead atoms. The van der Waals surface area contributed by atoms with Gasteiger partial charge in [-0.1, -0.05) is 12.1 Å². The molecule has 2 aromatic rings. The molecule has 0 atom stereocenters. The van der Waals surface area contributed by atoms with Gasteiger partial charge < -0.3 is 15.4 Å². The van der Waals surface area contributed by atoms with Crippen LogP contribution in [-0.2, 0) is 0 Å². The monoisotopic (exact) mass is 270 g/mol. The summed E-state index contributed by atoms with van der Waals surface area (Å²) >= 11 is 0. The van der Waals surface area contributed by atoms with Crippen molar-refractivity contribution in [3.05, 3.63) is 47.0 Å². The predicted molar refractivity (Wildman–Crippen MR) is 69.4 cm³/mol. The van der Waals surface area contributed by atoms with E-state index in [9.17, 15) is 9.59 Å². The van der Waals surface area contributed by atoms with E-state index in [4.69, 9.17) is 10.4 Å². The predicted octanol–water partition coefficient (Wildman–Crippen LogP) is 1.54. The van der Waals surface area contributed by atoms with Crippen LogP contribution in [0.3, 0.4) is 0 Å². The second-order valence-electron chi connectivity index (χ2n) is 3.99. The number of carbonyl (C=O) groups is 2. The lowest BCUT2D eigenvalue weighted by Crippen LogP contribution is -2.17. The number of aromatic nitrogens is 2. The number of amides is 1. The van der Waals surface area contributed by atoms with Crippen molar-refractivity contribution in [1.29, 1.82) is 5.26 Å². The summed E-state index contributed by atoms with van der Waals surface area (Å²) in [6.45, 7) is 1.74. The molecule has 3 N–H and O–H groups in total. The van der Waals surface area contributed by atoms with E-state index in [2.05, 4.69) is 15.3 Å². The first-order valence-electron chi connectivity index (χ1n) is 5.62. The summed E-state index contributed by atoms with van der Waals surface area (Å²) in [5, 5.41) is 20.5. The quantitative estimate of drug-likeness (QED) is 0.781. The van der Waals surface area contributed by atoms with Crippen LogP contribution in [0, 0.1) is 18.3 Å². The fourth-order valence-corrected chi connectivity index (χ4v) is 1.73. The summed E-state index contributed by atoms with van der Waals surface area (Å²) in [5.74, 6) is -1.97. The van der Waals surface area contributed by atoms with Gasteiger partial charge in [-0.15, -0.1) is 0 Å². The first kappa shape index (κ1) is 13.3. The number of aromatic amines is 1. The number of carboxylic acid groups (broad SMARTS) is 1. The van der Waals surface area contributed by atoms with Crippen molar-refractivity contribution < 1.29 is 14.7 Å². The molecule has 100 valence electrons. The number of carbonyl (C=O) groups excluding carboxylic acids is 1. The number of hydrogen-bond donors (Lipinski definition) is 3. The molecule has 0 aliphatic carbocycles. The lowest BCUT2D eigenvalue weighted by molar-refractivity contribution is 0.0686. The van der Waals surface area contributed by atoms with E-state index in [1.54, 1.807) is 25.1 Å². The summed E-state index contributed by atoms with van der Waals surface area (Å²) < 4.78 is 0. The first-order valence-corrected chi connectivity index (χ1v) is 5.62. The Kier molecular flexibility index (Phi) is 3.48. The number of imidazole rings is 1. The van der Waals surface area contributed by atoms with Gasteiger partial charge in [0.05, 0.1) is 17.6 Å². The van der Waals surface area contributed by atoms with Crippen molar-refractivity contribution in [2.45, 2.75) is 6.92 Å². The maximum atomic E-state index is 12.0. The SMILES string of the molecule is Cc1cccc(NC(=O)c2nc[nH]c2C(=O)O)c1C#N. The minimum atomic E-state index is -1.28. The number of aromatic carboxylic acids is 1. The highest BCUT2D eigenvalue weighted by Gasteiger charge is 2.20. The normalized spacial score (nSPS) is 9.80. The summed E-state index contributed by atoms with van der Waals surface area (Å²) in [6.07, 6.45) is 1.12. The molecule has 0 fully saturated rings. The van der Waals surface area contributed by atoms with Gasteiger partial charge in [-0.2, -0.15) is 5.26 Å². The van der Waals surface area contributed by atoms with E-state index in [0.717, 1.165) is 6.33 Å². The molecule has 0 spiro atoms. The Hall–Kier alpha value is -3.14. The second-order valence-corrected chi connectivity index (χ2v) is 3.99. The number of carboxylic acids is 1. The fourth-order valence-electron chi connectivity index (χ4n) is 1.73. The molecule has 1 aromatic heterocycles. The Balaban J connectivity index is 2.34. The van der Waals surface area contributed by atoms with Crippen LogP contribution in [0.5, 0.6) is 0 Å². The number of benzene rings is 1. The zero-order valence-electron chi connectivity index (χ0n) is 10.5. The van der Waals surface area contributed by atoms with Crippen molar-refractivity contribution >= 4 is 17.6 Å². The Morgan fingerprint density at radius 2 is 2.20 bits per heavy atom. The standard InChI is InChI=1S/C13H10N4O3/c1-7-3-2-4-9(8(7)5-14)17-12(18)10-11(13(19)20)16-6-15-10/h2-4,6H,1H3,(H,15,16)(H,17,18)(H,19,20). The van der Waals surface area contributed by atoms with Crippen LogP contribution < -0.4 is 5.32 Å². The van der Waals surface area contributed by atoms with Crippen molar-refractivity contribution in [3.63, 3.8) is 0 Å². The van der Waals surface area contributed by atoms with Gasteiger partial charge in [-0.25, -0.2) is 9.78 Å². The summed E-state index contributed by atoms with van der Waals surface area (Å²) in [5.41, 5.74) is 0.826. The first-order chi connectivity index (χ1) is 9.54. The Morgan fingerprint density at radius 3 is 2.85 bits per heavy atom. The van der Waals surface area contributed by atoms with E-state index in [1.165, 1.54) is 0 Å². The lowest BCUT2D eigenvalue weighted by Gasteiger charge is -2.07. The third-order valence-corrected chi connectivity index (χ3v) is 2.70. The summed E-state index contributed by atoms with van der Waals surface area (Å²) in [6, 6.07) is 6.99. The van der Waals surface area contributed by atoms with Crippen LogP contribution in [-0.4, -0.2) is 27.0 Å². The zero-order chi connectivity index (χ0) is 14.7. The topological polar surface area (TPSA) is 119 Å². The number of hydrogen-bond acceptors (Lipinski definition) is 4. The van der Waals surface area contributed by atoms with Crippen molar-refractivity contribution in [2.75, 3.05) is 5.32 Å². The number of nitrogens with one attached hydrogen (secondary N) is 2. The Labute approximate surface area is 113 Å². The molecule has 1 heterocycles. The molecule has 0 saturated heterocycles. The van der Waals surface area contributed by atoms with E-state index in [1.807, 2.05) is 6.07 Å². The van der Waals surface area contributed by atoms with Gasteiger partial charge in [0.15, 0.2) is 11.4 Å². The molecule has 0 aliphatic rings. The van der Waals surface area contributed by atoms with Crippen molar-refractivity contribution in [2.24, 2.45) is 0 Å². The molecule has 2 rings (SSSR count). The molecule has 0 aliphatic heterocycles. The van der Waals surface area contributed by atoms with Crippen LogP contribution in [0.1, 0.15) is 32.1 Å². The van der Waals surface area contributed by atoms with Gasteiger partial charge in [0, 0.05) is 0 Å². The van der Waals surface area contributed by atoms with Gasteiger partial charge in [0.1, 0.15) is 6.07 Å². The average molecular weight is 270 g/mol. The molecule has 0 unspecified atom stereocenters. The highest BCUT2D eigenvalue weighted by atomic mass is 16.4. The molecule has 0 radical (unpaired) electrons. The Bertz CT molecular complexity index is 727. The molecule has 7 nitrogen and oxygen atoms in total. The van der Waals surface area contributed by atoms with Crippen LogP contribution >= 0.6 is 0 Å². The number of nitrogens with zero attached hydrogens (tertiary/aromatic N) is 2. The van der Waals surface area contributed by atoms with Gasteiger partial charge in [-0.05, 0) is 18.6 Å². The van der Waals surface area contributed by atoms with Crippen molar-refractivity contribution in [1.82, 2.24) is 9.97 Å². The molecule has 1 aromatic carbocycles. The van der Waals surface area contributed by atoms with Gasteiger partial charge >= 0.3 is 5.97 Å². The average Bonchev–Trinajstić information content (AvgIpc) is 2.88. The number of rotatable bonds is 3. The molecular weight excluding hydrogens is 260 g/mol. The molecular formula is C13H10N4O3. The van der Waals surface area contributed by atoms with Crippen LogP contribution in [0.25, 0.3) is 0 Å². The highest BCUT2D eigenvalue weighted by Crippen LogP contribution is 2.19. The van der Waals surface area contributed by atoms with E-state index >= 15 is 0 Å². The third-order valence-electron chi connectivity index (χ3n) is 2.70. The minimum absolute atomic E-state index is 0.233. The molecule has 7 heteroatoms. The second kappa shape index (κ2) is 5.24. The smallest absolute Gasteiger partial charge is 0.354 e. The number of nitriles is 1. The largest absolute Gasteiger partial charge is 0.477 e. The van der Waals surface area contributed by atoms with E-state index in [0.29, 0.717) is 16.8 Å². The van der Waals surface area contributed by atoms with E-state index < -0.39 is 11.9 Å². The highest BCUT2D eigenvalue weighted by molar-refractivity contribution is 6.09. The number of anilines is 1. The summed E-state index contributed by atoms with van der Waals surface area (Å²) in [7, 11) is 0. The number of aryl methyl sites for hydroxylation is 1. The van der Waals surface area contributed by atoms with Gasteiger partial charge in [-0.3, -0.25) is 4.79 Å². The Morgan fingerprint density at radius 1 is 1.45 bits per heavy atom. The van der Waals surface area contributed by atoms with Gasteiger partial charge in [0.2, 0.25) is 0 Å². The third kappa shape index (κ3) is 2.35. The maximum Gasteiger partial charge on any atom is 0.354 e. The fraction of sp³-hybridized carbons (Fsp3) is 0.0769. The minimum Gasteiger partial charge on any atom is -0.477 e. The van der Waals surface area contributed by atoms with Crippen LogP contribution in [0.2, 0.25) is 0 Å². The molecule has 1 amide bonds. The van der Waals surface area contributed by atoms with E-state index in [-0.39, 0.29) is 11.4 Å². The van der Waals surface area contributed by atoms with Gasteiger partial charge in [0.25, 0.3) is 5.91 Å². The van der Waals surface area contributed by atoms with Crippen LogP contribution in [0.15, 0.2) is 24.5 Å². The van der Waals surface area contributed by atoms with Crippen LogP contribution in [0.4, 0.5) is 5.69 Å². The zero-order valence-corrected chi connectivity index (χ0v) is 10.5. The summed E-state index contributed by atoms with van der Waals surface area (Å²) in [4.78, 5) is 29.0. The molecule has 0 saturated carbocycles. The lowest BCUT2D eigenvalue weighted by atomic mass is 10.1. The number of H-pyrrole nitrogens is 1. The molecule has 20 heavy (non-hydrogen) atoms.